The van der Waals surface area contributed by atoms with Crippen LogP contribution in [0.4, 0.5) is 13.2 Å². The van der Waals surface area contributed by atoms with Gasteiger partial charge in [-0.2, -0.15) is 13.2 Å². The van der Waals surface area contributed by atoms with Crippen molar-refractivity contribution in [1.82, 2.24) is 5.32 Å². The fourth-order valence-electron chi connectivity index (χ4n) is 5.60. The first-order valence-electron chi connectivity index (χ1n) is 8.81. The average molecular weight is 416 g/mol. The summed E-state index contributed by atoms with van der Waals surface area (Å²) < 4.78 is 38.0. The third-order valence-electron chi connectivity index (χ3n) is 6.21. The van der Waals surface area contributed by atoms with Gasteiger partial charge in [-0.15, -0.1) is 0 Å². The van der Waals surface area contributed by atoms with Crippen LogP contribution in [0, 0.1) is 17.3 Å². The molecule has 136 valence electrons. The van der Waals surface area contributed by atoms with E-state index in [4.69, 9.17) is 0 Å². The Balaban J connectivity index is 1.43. The number of nitrogens with one attached hydrogen (secondary N) is 1. The number of alkyl halides is 4. The van der Waals surface area contributed by atoms with Crippen LogP contribution < -0.4 is 5.32 Å². The maximum atomic E-state index is 12.9. The molecular formula is C19H21BrF3NO. The van der Waals surface area contributed by atoms with E-state index in [1.165, 1.54) is 18.6 Å². The average Bonchev–Trinajstić information content (AvgIpc) is 2.49. The summed E-state index contributed by atoms with van der Waals surface area (Å²) in [6.45, 7) is 0.281. The first-order valence-corrected chi connectivity index (χ1v) is 9.60. The number of carbonyl (C=O) groups is 1. The molecule has 2 nitrogen and oxygen atoms in total. The molecule has 4 fully saturated rings. The van der Waals surface area contributed by atoms with E-state index in [-0.39, 0.29) is 22.2 Å². The van der Waals surface area contributed by atoms with E-state index in [0.29, 0.717) is 17.4 Å². The topological polar surface area (TPSA) is 29.1 Å². The molecule has 1 aromatic carbocycles. The Morgan fingerprint density at radius 3 is 2.24 bits per heavy atom. The van der Waals surface area contributed by atoms with Gasteiger partial charge in [0.15, 0.2) is 0 Å². The number of hydrogen-bond acceptors (Lipinski definition) is 1. The molecule has 2 atom stereocenters. The SMILES string of the molecule is O=C(NCc1ccc(C(F)(F)F)cc1)C12CC3CC(CC(Br)(C3)C1)C2. The molecule has 0 aromatic heterocycles. The zero-order chi connectivity index (χ0) is 17.9. The fourth-order valence-corrected chi connectivity index (χ4v) is 7.05. The Morgan fingerprint density at radius 1 is 1.12 bits per heavy atom. The van der Waals surface area contributed by atoms with Crippen molar-refractivity contribution in [2.24, 2.45) is 17.3 Å². The summed E-state index contributed by atoms with van der Waals surface area (Å²) in [5, 5.41) is 2.99. The first-order chi connectivity index (χ1) is 11.7. The lowest BCUT2D eigenvalue weighted by Gasteiger charge is -2.59. The molecule has 6 heteroatoms. The van der Waals surface area contributed by atoms with Gasteiger partial charge in [0.2, 0.25) is 5.91 Å². The van der Waals surface area contributed by atoms with Crippen LogP contribution in [-0.2, 0) is 17.5 Å². The van der Waals surface area contributed by atoms with E-state index < -0.39 is 11.7 Å². The monoisotopic (exact) mass is 415 g/mol. The maximum absolute atomic E-state index is 12.9. The Hall–Kier alpha value is -1.04. The molecule has 5 rings (SSSR count). The summed E-state index contributed by atoms with van der Waals surface area (Å²) in [6.07, 6.45) is 2.03. The second-order valence-electron chi connectivity index (χ2n) is 8.27. The molecule has 0 spiro atoms. The molecule has 1 aromatic rings. The van der Waals surface area contributed by atoms with E-state index in [1.807, 2.05) is 0 Å². The second kappa shape index (κ2) is 5.73. The van der Waals surface area contributed by atoms with Crippen molar-refractivity contribution < 1.29 is 18.0 Å². The number of rotatable bonds is 3. The summed E-state index contributed by atoms with van der Waals surface area (Å²) in [4.78, 5) is 12.9. The lowest BCUT2D eigenvalue weighted by atomic mass is 9.49. The Kier molecular flexibility index (Phi) is 3.98. The van der Waals surface area contributed by atoms with Gasteiger partial charge in [0.1, 0.15) is 0 Å². The zero-order valence-electron chi connectivity index (χ0n) is 13.8. The molecule has 4 aliphatic carbocycles. The predicted octanol–water partition coefficient (Wildman–Crippen LogP) is 5.06. The second-order valence-corrected chi connectivity index (χ2v) is 9.95. The largest absolute Gasteiger partial charge is 0.416 e. The normalized spacial score (nSPS) is 36.5. The van der Waals surface area contributed by atoms with Crippen molar-refractivity contribution in [2.75, 3.05) is 0 Å². The van der Waals surface area contributed by atoms with Gasteiger partial charge in [-0.25, -0.2) is 0 Å². The molecular weight excluding hydrogens is 395 g/mol. The molecule has 2 unspecified atom stereocenters. The quantitative estimate of drug-likeness (QED) is 0.687. The van der Waals surface area contributed by atoms with Crippen LogP contribution in [-0.4, -0.2) is 10.2 Å². The van der Waals surface area contributed by atoms with E-state index >= 15 is 0 Å². The number of hydrogen-bond donors (Lipinski definition) is 1. The molecule has 4 bridgehead atoms. The minimum Gasteiger partial charge on any atom is -0.352 e. The molecule has 25 heavy (non-hydrogen) atoms. The molecule has 0 aliphatic heterocycles. The minimum atomic E-state index is -4.33. The van der Waals surface area contributed by atoms with Gasteiger partial charge in [-0.1, -0.05) is 28.1 Å². The van der Waals surface area contributed by atoms with Crippen molar-refractivity contribution in [1.29, 1.82) is 0 Å². The lowest BCUT2D eigenvalue weighted by Crippen LogP contribution is -2.58. The predicted molar refractivity (Wildman–Crippen MR) is 92.1 cm³/mol. The van der Waals surface area contributed by atoms with Gasteiger partial charge in [0, 0.05) is 10.9 Å². The van der Waals surface area contributed by atoms with Gasteiger partial charge in [0.05, 0.1) is 11.0 Å². The van der Waals surface area contributed by atoms with Gasteiger partial charge in [0.25, 0.3) is 0 Å². The summed E-state index contributed by atoms with van der Waals surface area (Å²) in [7, 11) is 0. The van der Waals surface area contributed by atoms with E-state index in [2.05, 4.69) is 21.2 Å². The van der Waals surface area contributed by atoms with Crippen LogP contribution in [0.5, 0.6) is 0 Å². The summed E-state index contributed by atoms with van der Waals surface area (Å²) in [5.41, 5.74) is -0.260. The van der Waals surface area contributed by atoms with Crippen molar-refractivity contribution in [3.8, 4) is 0 Å². The van der Waals surface area contributed by atoms with Crippen molar-refractivity contribution >= 4 is 21.8 Å². The zero-order valence-corrected chi connectivity index (χ0v) is 15.4. The Morgan fingerprint density at radius 2 is 1.72 bits per heavy atom. The third kappa shape index (κ3) is 3.22. The lowest BCUT2D eigenvalue weighted by molar-refractivity contribution is -0.144. The third-order valence-corrected chi connectivity index (χ3v) is 7.13. The van der Waals surface area contributed by atoms with Gasteiger partial charge < -0.3 is 5.32 Å². The first kappa shape index (κ1) is 17.4. The van der Waals surface area contributed by atoms with Crippen molar-refractivity contribution in [3.05, 3.63) is 35.4 Å². The van der Waals surface area contributed by atoms with E-state index in [9.17, 15) is 18.0 Å². The fraction of sp³-hybridized carbons (Fsp3) is 0.632. The van der Waals surface area contributed by atoms with Gasteiger partial charge >= 0.3 is 6.18 Å². The summed E-state index contributed by atoms with van der Waals surface area (Å²) >= 11 is 3.90. The maximum Gasteiger partial charge on any atom is 0.416 e. The van der Waals surface area contributed by atoms with Gasteiger partial charge in [-0.05, 0) is 68.1 Å². The number of halogens is 4. The molecule has 0 radical (unpaired) electrons. The van der Waals surface area contributed by atoms with Crippen LogP contribution in [0.25, 0.3) is 0 Å². The van der Waals surface area contributed by atoms with Crippen LogP contribution in [0.15, 0.2) is 24.3 Å². The number of carbonyl (C=O) groups excluding carboxylic acids is 1. The number of benzene rings is 1. The molecule has 1 amide bonds. The Labute approximate surface area is 153 Å². The highest BCUT2D eigenvalue weighted by atomic mass is 79.9. The summed E-state index contributed by atoms with van der Waals surface area (Å²) in [6, 6.07) is 5.02. The van der Waals surface area contributed by atoms with Gasteiger partial charge in [-0.3, -0.25) is 4.79 Å². The number of amides is 1. The van der Waals surface area contributed by atoms with Crippen LogP contribution in [0.3, 0.4) is 0 Å². The molecule has 4 aliphatic rings. The van der Waals surface area contributed by atoms with Crippen LogP contribution in [0.2, 0.25) is 0 Å². The standard InChI is InChI=1S/C19H21BrF3NO/c20-18-8-13-5-14(9-18)7-17(6-13,11-18)16(25)24-10-12-1-3-15(4-2-12)19(21,22)23/h1-4,13-14H,5-11H2,(H,24,25). The molecule has 4 saturated carbocycles. The highest BCUT2D eigenvalue weighted by Crippen LogP contribution is 2.64. The smallest absolute Gasteiger partial charge is 0.352 e. The molecule has 0 saturated heterocycles. The molecule has 0 heterocycles. The van der Waals surface area contributed by atoms with Crippen molar-refractivity contribution in [3.63, 3.8) is 0 Å². The summed E-state index contributed by atoms with van der Waals surface area (Å²) in [5.74, 6) is 1.32. The highest BCUT2D eigenvalue weighted by molar-refractivity contribution is 9.10. The molecule has 1 N–H and O–H groups in total. The minimum absolute atomic E-state index is 0.0744. The van der Waals surface area contributed by atoms with Crippen LogP contribution >= 0.6 is 15.9 Å². The van der Waals surface area contributed by atoms with E-state index in [1.54, 1.807) is 0 Å². The Bertz CT molecular complexity index is 671. The van der Waals surface area contributed by atoms with Crippen molar-refractivity contribution in [2.45, 2.75) is 55.6 Å². The highest BCUT2D eigenvalue weighted by Gasteiger charge is 2.59. The van der Waals surface area contributed by atoms with E-state index in [0.717, 1.165) is 44.2 Å². The van der Waals surface area contributed by atoms with Crippen LogP contribution in [0.1, 0.15) is 49.7 Å².